The molecule has 1 aliphatic rings. The normalized spacial score (nSPS) is 19.1. The van der Waals surface area contributed by atoms with Crippen LogP contribution in [0.1, 0.15) is 25.0 Å². The van der Waals surface area contributed by atoms with Gasteiger partial charge in [0.15, 0.2) is 0 Å². The molecule has 0 fully saturated rings. The molecule has 3 heteroatoms. The monoisotopic (exact) mass is 447 g/mol. The molecule has 3 aromatic carbocycles. The van der Waals surface area contributed by atoms with Crippen LogP contribution in [-0.2, 0) is 11.3 Å². The van der Waals surface area contributed by atoms with Gasteiger partial charge in [-0.1, -0.05) is 0 Å². The molecule has 1 atom stereocenters. The van der Waals surface area contributed by atoms with E-state index in [1.807, 2.05) is 47.4 Å². The van der Waals surface area contributed by atoms with E-state index in [1.54, 1.807) is 0 Å². The molecule has 0 bridgehead atoms. The van der Waals surface area contributed by atoms with Gasteiger partial charge in [0.25, 0.3) is 0 Å². The zero-order valence-corrected chi connectivity index (χ0v) is 18.6. The van der Waals surface area contributed by atoms with Crippen LogP contribution in [0.25, 0.3) is 5.70 Å². The van der Waals surface area contributed by atoms with Crippen molar-refractivity contribution >= 4 is 31.0 Å². The summed E-state index contributed by atoms with van der Waals surface area (Å²) in [7, 11) is 0. The third kappa shape index (κ3) is 3.94. The molecule has 0 saturated heterocycles. The molecule has 146 valence electrons. The Morgan fingerprint density at radius 1 is 0.828 bits per heavy atom. The first-order valence-corrected chi connectivity index (χ1v) is 12.0. The molecule has 0 radical (unpaired) electrons. The van der Waals surface area contributed by atoms with Gasteiger partial charge < -0.3 is 0 Å². The molecule has 1 amide bonds. The second kappa shape index (κ2) is 8.41. The Morgan fingerprint density at radius 2 is 1.38 bits per heavy atom. The first-order valence-electron chi connectivity index (χ1n) is 9.90. The number of amides is 1. The molecule has 1 aliphatic heterocycles. The number of nitrogens with zero attached hydrogens (tertiary/aromatic N) is 1. The van der Waals surface area contributed by atoms with Crippen LogP contribution in [0, 0.1) is 5.41 Å². The van der Waals surface area contributed by atoms with Crippen LogP contribution >= 0.6 is 0 Å². The minimum atomic E-state index is -0.463. The van der Waals surface area contributed by atoms with Gasteiger partial charge in [-0.25, -0.2) is 0 Å². The second-order valence-corrected chi connectivity index (χ2v) is 9.85. The molecule has 29 heavy (non-hydrogen) atoms. The van der Waals surface area contributed by atoms with Crippen LogP contribution in [0.5, 0.6) is 0 Å². The van der Waals surface area contributed by atoms with Gasteiger partial charge in [0, 0.05) is 0 Å². The summed E-state index contributed by atoms with van der Waals surface area (Å²) in [6.45, 7) is 4.88. The SMILES string of the molecule is CC1=C(c2ccccc2)N(Cc2ccccc2)C(=O)C1(C)C[Se]c1ccccc1. The Kier molecular flexibility index (Phi) is 5.71. The summed E-state index contributed by atoms with van der Waals surface area (Å²) < 4.78 is 1.34. The van der Waals surface area contributed by atoms with Gasteiger partial charge in [0.1, 0.15) is 0 Å². The number of hydrogen-bond acceptors (Lipinski definition) is 1. The number of rotatable bonds is 6. The molecule has 1 heterocycles. The summed E-state index contributed by atoms with van der Waals surface area (Å²) in [4.78, 5) is 15.7. The average Bonchev–Trinajstić information content (AvgIpc) is 2.95. The first kappa shape index (κ1) is 19.7. The molecular weight excluding hydrogens is 421 g/mol. The molecule has 0 saturated carbocycles. The predicted molar refractivity (Wildman–Crippen MR) is 121 cm³/mol. The second-order valence-electron chi connectivity index (χ2n) is 7.65. The Hall–Kier alpha value is -2.61. The van der Waals surface area contributed by atoms with Crippen LogP contribution in [0.15, 0.2) is 96.6 Å². The zero-order chi connectivity index (χ0) is 20.3. The summed E-state index contributed by atoms with van der Waals surface area (Å²) in [6.07, 6.45) is 0. The molecule has 3 aromatic rings. The Morgan fingerprint density at radius 3 is 2.00 bits per heavy atom. The maximum atomic E-state index is 13.7. The van der Waals surface area contributed by atoms with E-state index in [2.05, 4.69) is 62.4 Å². The molecule has 0 aromatic heterocycles. The summed E-state index contributed by atoms with van der Waals surface area (Å²) in [5, 5.41) is 0.871. The third-order valence-corrected chi connectivity index (χ3v) is 8.46. The van der Waals surface area contributed by atoms with Crippen molar-refractivity contribution in [3.63, 3.8) is 0 Å². The molecule has 0 spiro atoms. The maximum absolute atomic E-state index is 13.7. The first-order chi connectivity index (χ1) is 14.1. The number of benzene rings is 3. The molecular formula is C26H25NOSe. The standard InChI is InChI=1S/C26H25NOSe/c1-20-24(22-14-8-4-9-15-22)27(18-21-12-6-3-7-13-21)25(28)26(20,2)19-29-23-16-10-5-11-17-23/h3-17H,18-19H2,1-2H3. The van der Waals surface area contributed by atoms with E-state index in [0.717, 1.165) is 22.1 Å². The topological polar surface area (TPSA) is 20.3 Å². The Labute approximate surface area is 179 Å². The van der Waals surface area contributed by atoms with Gasteiger partial charge in [0.2, 0.25) is 0 Å². The zero-order valence-electron chi connectivity index (χ0n) is 16.8. The van der Waals surface area contributed by atoms with E-state index in [9.17, 15) is 4.79 Å². The molecule has 1 unspecified atom stereocenters. The van der Waals surface area contributed by atoms with Gasteiger partial charge in [-0.2, -0.15) is 0 Å². The molecule has 2 nitrogen and oxygen atoms in total. The van der Waals surface area contributed by atoms with Gasteiger partial charge in [-0.15, -0.1) is 0 Å². The fourth-order valence-electron chi connectivity index (χ4n) is 3.82. The van der Waals surface area contributed by atoms with E-state index < -0.39 is 5.41 Å². The minimum absolute atomic E-state index is 0.218. The van der Waals surface area contributed by atoms with Gasteiger partial charge in [-0.05, 0) is 0 Å². The Bertz CT molecular complexity index is 1010. The number of carbonyl (C=O) groups excluding carboxylic acids is 1. The average molecular weight is 446 g/mol. The van der Waals surface area contributed by atoms with Crippen molar-refractivity contribution in [1.82, 2.24) is 4.90 Å². The van der Waals surface area contributed by atoms with Gasteiger partial charge in [-0.3, -0.25) is 0 Å². The van der Waals surface area contributed by atoms with Gasteiger partial charge >= 0.3 is 180 Å². The van der Waals surface area contributed by atoms with E-state index in [1.165, 1.54) is 10.0 Å². The van der Waals surface area contributed by atoms with E-state index in [-0.39, 0.29) is 20.9 Å². The van der Waals surface area contributed by atoms with Crippen LogP contribution < -0.4 is 4.46 Å². The van der Waals surface area contributed by atoms with Crippen molar-refractivity contribution in [3.05, 3.63) is 108 Å². The summed E-state index contributed by atoms with van der Waals surface area (Å²) in [5.41, 5.74) is 4.06. The predicted octanol–water partition coefficient (Wildman–Crippen LogP) is 4.91. The molecule has 0 N–H and O–H groups in total. The van der Waals surface area contributed by atoms with Crippen molar-refractivity contribution in [3.8, 4) is 0 Å². The van der Waals surface area contributed by atoms with Crippen LogP contribution in [-0.4, -0.2) is 25.8 Å². The van der Waals surface area contributed by atoms with E-state index in [4.69, 9.17) is 0 Å². The van der Waals surface area contributed by atoms with Crippen molar-refractivity contribution in [1.29, 1.82) is 0 Å². The number of hydrogen-bond donors (Lipinski definition) is 0. The van der Waals surface area contributed by atoms with Crippen molar-refractivity contribution < 1.29 is 4.79 Å². The summed E-state index contributed by atoms with van der Waals surface area (Å²) in [6, 6.07) is 31.1. The third-order valence-electron chi connectivity index (χ3n) is 5.67. The molecule has 0 aliphatic carbocycles. The van der Waals surface area contributed by atoms with Crippen LogP contribution in [0.3, 0.4) is 0 Å². The van der Waals surface area contributed by atoms with Crippen molar-refractivity contribution in [2.24, 2.45) is 5.41 Å². The quantitative estimate of drug-likeness (QED) is 0.493. The molecule has 4 rings (SSSR count). The van der Waals surface area contributed by atoms with Crippen molar-refractivity contribution in [2.75, 3.05) is 0 Å². The fourth-order valence-corrected chi connectivity index (χ4v) is 6.23. The van der Waals surface area contributed by atoms with E-state index >= 15 is 0 Å². The van der Waals surface area contributed by atoms with Crippen molar-refractivity contribution in [2.45, 2.75) is 25.7 Å². The number of carbonyl (C=O) groups is 1. The van der Waals surface area contributed by atoms with Gasteiger partial charge in [0.05, 0.1) is 0 Å². The fraction of sp³-hybridized carbons (Fsp3) is 0.192. The van der Waals surface area contributed by atoms with E-state index in [0.29, 0.717) is 6.54 Å². The van der Waals surface area contributed by atoms with Crippen LogP contribution in [0.2, 0.25) is 5.32 Å². The summed E-state index contributed by atoms with van der Waals surface area (Å²) >= 11 is 0.248. The Balaban J connectivity index is 1.70. The van der Waals surface area contributed by atoms with Crippen LogP contribution in [0.4, 0.5) is 0 Å². The summed E-state index contributed by atoms with van der Waals surface area (Å²) in [5.74, 6) is 0.218.